The van der Waals surface area contributed by atoms with Crippen molar-refractivity contribution in [3.05, 3.63) is 58.7 Å². The van der Waals surface area contributed by atoms with Gasteiger partial charge in [0.05, 0.1) is 5.69 Å². The first-order valence-corrected chi connectivity index (χ1v) is 6.95. The Bertz CT molecular complexity index is 591. The zero-order chi connectivity index (χ0) is 14.7. The highest BCUT2D eigenvalue weighted by atomic mass is 16.3. The SMILES string of the molecule is CCc1ccc(C(O)c2cc(CC)cc(N)c2O)cc1. The summed E-state index contributed by atoms with van der Waals surface area (Å²) in [5.74, 6) is -0.0331. The van der Waals surface area contributed by atoms with Gasteiger partial charge in [-0.15, -0.1) is 0 Å². The molecule has 0 radical (unpaired) electrons. The number of aliphatic hydroxyl groups is 1. The molecule has 0 aliphatic carbocycles. The number of aryl methyl sites for hydroxylation is 2. The Morgan fingerprint density at radius 2 is 1.60 bits per heavy atom. The molecule has 2 aromatic carbocycles. The summed E-state index contributed by atoms with van der Waals surface area (Å²) in [4.78, 5) is 0. The van der Waals surface area contributed by atoms with Gasteiger partial charge in [0.15, 0.2) is 0 Å². The van der Waals surface area contributed by atoms with Crippen LogP contribution < -0.4 is 5.73 Å². The average Bonchev–Trinajstić information content (AvgIpc) is 2.49. The van der Waals surface area contributed by atoms with E-state index in [-0.39, 0.29) is 5.75 Å². The minimum absolute atomic E-state index is 0.0331. The number of rotatable bonds is 4. The molecule has 1 unspecified atom stereocenters. The van der Waals surface area contributed by atoms with Crippen molar-refractivity contribution in [3.63, 3.8) is 0 Å². The fourth-order valence-corrected chi connectivity index (χ4v) is 2.27. The van der Waals surface area contributed by atoms with Gasteiger partial charge in [-0.1, -0.05) is 38.1 Å². The minimum Gasteiger partial charge on any atom is -0.505 e. The van der Waals surface area contributed by atoms with E-state index in [0.717, 1.165) is 24.0 Å². The first kappa shape index (κ1) is 14.4. The van der Waals surface area contributed by atoms with Crippen LogP contribution in [0.5, 0.6) is 5.75 Å². The molecule has 0 spiro atoms. The molecule has 106 valence electrons. The number of hydrogen-bond acceptors (Lipinski definition) is 3. The van der Waals surface area contributed by atoms with Crippen LogP contribution in [0.25, 0.3) is 0 Å². The van der Waals surface area contributed by atoms with Gasteiger partial charge in [-0.3, -0.25) is 0 Å². The van der Waals surface area contributed by atoms with Gasteiger partial charge in [-0.05, 0) is 41.7 Å². The number of phenolic OH excluding ortho intramolecular Hbond substituents is 1. The van der Waals surface area contributed by atoms with Crippen LogP contribution in [-0.4, -0.2) is 10.2 Å². The van der Waals surface area contributed by atoms with Crippen LogP contribution in [0, 0.1) is 0 Å². The van der Waals surface area contributed by atoms with Crippen LogP contribution in [0.2, 0.25) is 0 Å². The largest absolute Gasteiger partial charge is 0.505 e. The monoisotopic (exact) mass is 271 g/mol. The molecule has 0 heterocycles. The van der Waals surface area contributed by atoms with Gasteiger partial charge in [-0.2, -0.15) is 0 Å². The van der Waals surface area contributed by atoms with Crippen LogP contribution in [0.4, 0.5) is 5.69 Å². The standard InChI is InChI=1S/C17H21NO2/c1-3-11-5-7-13(8-6-11)16(19)14-9-12(4-2)10-15(18)17(14)20/h5-10,16,19-20H,3-4,18H2,1-2H3. The maximum Gasteiger partial charge on any atom is 0.144 e. The molecule has 0 bridgehead atoms. The number of phenols is 1. The summed E-state index contributed by atoms with van der Waals surface area (Å²) < 4.78 is 0. The van der Waals surface area contributed by atoms with Crippen molar-refractivity contribution >= 4 is 5.69 Å². The Hall–Kier alpha value is -2.00. The third-order valence-corrected chi connectivity index (χ3v) is 3.64. The number of hydrogen-bond donors (Lipinski definition) is 3. The Labute approximate surface area is 119 Å². The Kier molecular flexibility index (Phi) is 4.30. The van der Waals surface area contributed by atoms with E-state index in [4.69, 9.17) is 5.73 Å². The van der Waals surface area contributed by atoms with Crippen molar-refractivity contribution in [2.75, 3.05) is 5.73 Å². The zero-order valence-corrected chi connectivity index (χ0v) is 11.9. The van der Waals surface area contributed by atoms with E-state index in [2.05, 4.69) is 6.92 Å². The first-order valence-electron chi connectivity index (χ1n) is 6.95. The summed E-state index contributed by atoms with van der Waals surface area (Å²) in [5, 5.41) is 20.5. The maximum atomic E-state index is 10.5. The number of benzene rings is 2. The average molecular weight is 271 g/mol. The van der Waals surface area contributed by atoms with Crippen molar-refractivity contribution < 1.29 is 10.2 Å². The maximum absolute atomic E-state index is 10.5. The van der Waals surface area contributed by atoms with Crippen molar-refractivity contribution in [2.24, 2.45) is 0 Å². The highest BCUT2D eigenvalue weighted by molar-refractivity contribution is 5.59. The van der Waals surface area contributed by atoms with E-state index in [1.54, 1.807) is 6.07 Å². The zero-order valence-electron chi connectivity index (χ0n) is 11.9. The predicted octanol–water partition coefficient (Wildman–Crippen LogP) is 3.18. The molecule has 3 heteroatoms. The molecule has 4 N–H and O–H groups in total. The van der Waals surface area contributed by atoms with Gasteiger partial charge in [-0.25, -0.2) is 0 Å². The lowest BCUT2D eigenvalue weighted by atomic mass is 9.96. The van der Waals surface area contributed by atoms with E-state index in [9.17, 15) is 10.2 Å². The van der Waals surface area contributed by atoms with Gasteiger partial charge in [0.2, 0.25) is 0 Å². The smallest absolute Gasteiger partial charge is 0.144 e. The fourth-order valence-electron chi connectivity index (χ4n) is 2.27. The summed E-state index contributed by atoms with van der Waals surface area (Å²) in [6.45, 7) is 4.10. The summed E-state index contributed by atoms with van der Waals surface area (Å²) >= 11 is 0. The highest BCUT2D eigenvalue weighted by Crippen LogP contribution is 2.34. The van der Waals surface area contributed by atoms with Crippen molar-refractivity contribution in [3.8, 4) is 5.75 Å². The van der Waals surface area contributed by atoms with Crippen LogP contribution >= 0.6 is 0 Å². The van der Waals surface area contributed by atoms with Crippen molar-refractivity contribution in [1.82, 2.24) is 0 Å². The summed E-state index contributed by atoms with van der Waals surface area (Å²) in [6, 6.07) is 11.3. The Morgan fingerprint density at radius 3 is 2.15 bits per heavy atom. The van der Waals surface area contributed by atoms with Crippen LogP contribution in [0.1, 0.15) is 42.2 Å². The highest BCUT2D eigenvalue weighted by Gasteiger charge is 2.17. The van der Waals surface area contributed by atoms with E-state index >= 15 is 0 Å². The van der Waals surface area contributed by atoms with Crippen molar-refractivity contribution in [2.45, 2.75) is 32.8 Å². The second-order valence-corrected chi connectivity index (χ2v) is 4.97. The molecular weight excluding hydrogens is 250 g/mol. The van der Waals surface area contributed by atoms with Gasteiger partial charge < -0.3 is 15.9 Å². The first-order chi connectivity index (χ1) is 9.56. The van der Waals surface area contributed by atoms with Crippen LogP contribution in [-0.2, 0) is 12.8 Å². The van der Waals surface area contributed by atoms with E-state index in [1.165, 1.54) is 5.56 Å². The fraction of sp³-hybridized carbons (Fsp3) is 0.294. The Morgan fingerprint density at radius 1 is 1.00 bits per heavy atom. The molecule has 0 fully saturated rings. The number of nitrogens with two attached hydrogens (primary N) is 1. The summed E-state index contributed by atoms with van der Waals surface area (Å²) in [6.07, 6.45) is 0.897. The lowest BCUT2D eigenvalue weighted by Crippen LogP contribution is -2.03. The molecule has 2 rings (SSSR count). The van der Waals surface area contributed by atoms with Gasteiger partial charge in [0.25, 0.3) is 0 Å². The molecule has 2 aromatic rings. The quantitative estimate of drug-likeness (QED) is 0.591. The predicted molar refractivity (Wildman–Crippen MR) is 81.8 cm³/mol. The summed E-state index contributed by atoms with van der Waals surface area (Å²) in [5.41, 5.74) is 9.54. The minimum atomic E-state index is -0.866. The number of anilines is 1. The second-order valence-electron chi connectivity index (χ2n) is 4.97. The van der Waals surface area contributed by atoms with Gasteiger partial charge in [0.1, 0.15) is 11.9 Å². The van der Waals surface area contributed by atoms with Gasteiger partial charge in [0, 0.05) is 5.56 Å². The van der Waals surface area contributed by atoms with Crippen LogP contribution in [0.15, 0.2) is 36.4 Å². The molecular formula is C17H21NO2. The van der Waals surface area contributed by atoms with Crippen molar-refractivity contribution in [1.29, 1.82) is 0 Å². The third-order valence-electron chi connectivity index (χ3n) is 3.64. The lowest BCUT2D eigenvalue weighted by molar-refractivity contribution is 0.215. The lowest BCUT2D eigenvalue weighted by Gasteiger charge is -2.16. The molecule has 20 heavy (non-hydrogen) atoms. The summed E-state index contributed by atoms with van der Waals surface area (Å²) in [7, 11) is 0. The van der Waals surface area contributed by atoms with E-state index in [0.29, 0.717) is 11.3 Å². The number of aliphatic hydroxyl groups excluding tert-OH is 1. The van der Waals surface area contributed by atoms with E-state index < -0.39 is 6.10 Å². The number of nitrogen functional groups attached to an aromatic ring is 1. The van der Waals surface area contributed by atoms with Crippen LogP contribution in [0.3, 0.4) is 0 Å². The molecule has 1 atom stereocenters. The second kappa shape index (κ2) is 5.97. The number of aromatic hydroxyl groups is 1. The van der Waals surface area contributed by atoms with Gasteiger partial charge >= 0.3 is 0 Å². The molecule has 0 saturated heterocycles. The third kappa shape index (κ3) is 2.78. The topological polar surface area (TPSA) is 66.5 Å². The molecule has 0 saturated carbocycles. The van der Waals surface area contributed by atoms with E-state index in [1.807, 2.05) is 37.3 Å². The molecule has 0 aromatic heterocycles. The molecule has 0 aliphatic rings. The molecule has 3 nitrogen and oxygen atoms in total. The Balaban J connectivity index is 2.41. The molecule has 0 amide bonds. The molecule has 0 aliphatic heterocycles. The normalized spacial score (nSPS) is 12.3.